The minimum absolute atomic E-state index is 0.139. The van der Waals surface area contributed by atoms with Crippen LogP contribution in [0.15, 0.2) is 55.0 Å². The summed E-state index contributed by atoms with van der Waals surface area (Å²) in [6.45, 7) is 0.572. The monoisotopic (exact) mass is 469 g/mol. The molecule has 0 spiro atoms. The van der Waals surface area contributed by atoms with Crippen LogP contribution in [-0.4, -0.2) is 44.4 Å². The number of benzene rings is 1. The molecule has 1 N–H and O–H groups in total. The number of halogens is 4. The predicted molar refractivity (Wildman–Crippen MR) is 114 cm³/mol. The maximum atomic E-state index is 14.2. The van der Waals surface area contributed by atoms with Crippen molar-refractivity contribution in [3.05, 3.63) is 71.9 Å². The van der Waals surface area contributed by atoms with Gasteiger partial charge in [-0.1, -0.05) is 0 Å². The van der Waals surface area contributed by atoms with E-state index in [-0.39, 0.29) is 23.6 Å². The zero-order valence-electron chi connectivity index (χ0n) is 17.7. The Morgan fingerprint density at radius 3 is 2.56 bits per heavy atom. The number of pyridine rings is 1. The first-order chi connectivity index (χ1) is 16.3. The third-order valence-electron chi connectivity index (χ3n) is 7.20. The van der Waals surface area contributed by atoms with Gasteiger partial charge in [0.2, 0.25) is 0 Å². The number of alkyl halides is 3. The van der Waals surface area contributed by atoms with Gasteiger partial charge in [-0.2, -0.15) is 13.2 Å². The van der Waals surface area contributed by atoms with Crippen molar-refractivity contribution < 1.29 is 22.4 Å². The van der Waals surface area contributed by atoms with E-state index in [1.54, 1.807) is 23.4 Å². The summed E-state index contributed by atoms with van der Waals surface area (Å²) in [6, 6.07) is 7.67. The number of anilines is 1. The summed E-state index contributed by atoms with van der Waals surface area (Å²) in [5.41, 5.74) is -0.162. The molecule has 3 fully saturated rings. The fourth-order valence-electron chi connectivity index (χ4n) is 5.73. The first kappa shape index (κ1) is 21.0. The van der Waals surface area contributed by atoms with Crippen molar-refractivity contribution in [2.75, 3.05) is 11.9 Å². The molecule has 34 heavy (non-hydrogen) atoms. The van der Waals surface area contributed by atoms with Crippen LogP contribution in [0.25, 0.3) is 11.4 Å². The highest BCUT2D eigenvalue weighted by Gasteiger charge is 2.69. The molecule has 2 aliphatic carbocycles. The van der Waals surface area contributed by atoms with Gasteiger partial charge in [-0.15, -0.1) is 0 Å². The minimum atomic E-state index is -4.45. The Bertz CT molecular complexity index is 1250. The molecule has 174 valence electrons. The number of aromatic nitrogens is 3. The largest absolute Gasteiger partial charge is 0.417 e. The number of carbonyl (C=O) groups excluding carboxylic acids is 1. The lowest BCUT2D eigenvalue weighted by Crippen LogP contribution is -2.45. The Labute approximate surface area is 192 Å². The summed E-state index contributed by atoms with van der Waals surface area (Å²) in [4.78, 5) is 27.7. The Morgan fingerprint density at radius 2 is 1.85 bits per heavy atom. The van der Waals surface area contributed by atoms with Crippen LogP contribution in [0.5, 0.6) is 0 Å². The van der Waals surface area contributed by atoms with Gasteiger partial charge in [-0.3, -0.25) is 4.79 Å². The van der Waals surface area contributed by atoms with Gasteiger partial charge in [0.25, 0.3) is 5.91 Å². The smallest absolute Gasteiger partial charge is 0.365 e. The zero-order valence-corrected chi connectivity index (χ0v) is 17.7. The second-order valence-electron chi connectivity index (χ2n) is 9.03. The number of nitrogens with zero attached hydrogens (tertiary/aromatic N) is 4. The summed E-state index contributed by atoms with van der Waals surface area (Å²) < 4.78 is 52.7. The molecular weight excluding hydrogens is 450 g/mol. The summed E-state index contributed by atoms with van der Waals surface area (Å²) in [6.07, 6.45) is 0.280. The molecule has 3 aromatic rings. The topological polar surface area (TPSA) is 71.0 Å². The number of fused-ring (bicyclic) bond motifs is 1. The third-order valence-corrected chi connectivity index (χ3v) is 7.20. The van der Waals surface area contributed by atoms with Crippen LogP contribution in [0.3, 0.4) is 0 Å². The van der Waals surface area contributed by atoms with E-state index in [1.165, 1.54) is 24.3 Å². The first-order valence-electron chi connectivity index (χ1n) is 11.0. The van der Waals surface area contributed by atoms with E-state index in [4.69, 9.17) is 0 Å². The highest BCUT2D eigenvalue weighted by atomic mass is 19.4. The molecule has 5 unspecified atom stereocenters. The quantitative estimate of drug-likeness (QED) is 0.578. The van der Waals surface area contributed by atoms with Crippen LogP contribution in [0, 0.1) is 23.6 Å². The average Bonchev–Trinajstić information content (AvgIpc) is 3.19. The third kappa shape index (κ3) is 3.39. The molecule has 5 atom stereocenters. The van der Waals surface area contributed by atoms with Gasteiger partial charge in [-0.05, 0) is 60.6 Å². The molecule has 2 saturated carbocycles. The molecule has 0 bridgehead atoms. The van der Waals surface area contributed by atoms with Crippen molar-refractivity contribution >= 4 is 11.7 Å². The van der Waals surface area contributed by atoms with E-state index in [2.05, 4.69) is 20.3 Å². The molecule has 3 aliphatic rings. The van der Waals surface area contributed by atoms with E-state index in [1.807, 2.05) is 0 Å². The summed E-state index contributed by atoms with van der Waals surface area (Å²) in [5, 5.41) is 3.23. The summed E-state index contributed by atoms with van der Waals surface area (Å²) >= 11 is 0. The van der Waals surface area contributed by atoms with Crippen molar-refractivity contribution in [1.82, 2.24) is 19.9 Å². The Kier molecular flexibility index (Phi) is 4.62. The number of piperidine rings is 1. The van der Waals surface area contributed by atoms with Crippen molar-refractivity contribution in [2.45, 2.75) is 24.7 Å². The van der Waals surface area contributed by atoms with Gasteiger partial charge in [0.1, 0.15) is 11.6 Å². The zero-order chi connectivity index (χ0) is 23.6. The molecule has 10 heteroatoms. The predicted octanol–water partition coefficient (Wildman–Crippen LogP) is 4.27. The van der Waals surface area contributed by atoms with Crippen molar-refractivity contribution in [3.63, 3.8) is 0 Å². The first-order valence-corrected chi connectivity index (χ1v) is 11.0. The lowest BCUT2D eigenvalue weighted by Gasteiger charge is -2.31. The number of likely N-dealkylation sites (tertiary alicyclic amines) is 1. The van der Waals surface area contributed by atoms with Crippen LogP contribution >= 0.6 is 0 Å². The number of carbonyl (C=O) groups is 1. The molecular formula is C24H19F4N5O. The summed E-state index contributed by atoms with van der Waals surface area (Å²) in [7, 11) is 0. The van der Waals surface area contributed by atoms with Crippen LogP contribution < -0.4 is 5.32 Å². The molecule has 6 nitrogen and oxygen atoms in total. The number of amides is 1. The van der Waals surface area contributed by atoms with Crippen LogP contribution in [0.1, 0.15) is 22.3 Å². The van der Waals surface area contributed by atoms with Crippen molar-refractivity contribution in [1.29, 1.82) is 0 Å². The number of nitrogens with one attached hydrogen (secondary N) is 1. The number of hydrogen-bond acceptors (Lipinski definition) is 5. The van der Waals surface area contributed by atoms with Gasteiger partial charge >= 0.3 is 6.18 Å². The Morgan fingerprint density at radius 1 is 1.06 bits per heavy atom. The molecule has 3 heterocycles. The van der Waals surface area contributed by atoms with Crippen LogP contribution in [0.4, 0.5) is 23.4 Å². The molecule has 1 saturated heterocycles. The summed E-state index contributed by atoms with van der Waals surface area (Å²) in [5.74, 6) is 1.05. The average molecular weight is 469 g/mol. The molecule has 6 rings (SSSR count). The van der Waals surface area contributed by atoms with E-state index in [0.29, 0.717) is 41.5 Å². The maximum Gasteiger partial charge on any atom is 0.417 e. The van der Waals surface area contributed by atoms with Gasteiger partial charge in [0, 0.05) is 36.7 Å². The van der Waals surface area contributed by atoms with E-state index < -0.39 is 17.6 Å². The molecule has 1 aliphatic heterocycles. The van der Waals surface area contributed by atoms with E-state index in [0.717, 1.165) is 18.7 Å². The van der Waals surface area contributed by atoms with Crippen molar-refractivity contribution in [3.8, 4) is 11.4 Å². The lowest BCUT2D eigenvalue weighted by atomic mass is 10.0. The Hall–Kier alpha value is -3.56. The highest BCUT2D eigenvalue weighted by Crippen LogP contribution is 2.64. The molecule has 2 aromatic heterocycles. The van der Waals surface area contributed by atoms with Gasteiger partial charge in [0.05, 0.1) is 17.2 Å². The van der Waals surface area contributed by atoms with Gasteiger partial charge in [0.15, 0.2) is 5.82 Å². The normalized spacial score (nSPS) is 26.9. The van der Waals surface area contributed by atoms with Gasteiger partial charge in [-0.25, -0.2) is 19.3 Å². The van der Waals surface area contributed by atoms with E-state index in [9.17, 15) is 22.4 Å². The molecule has 0 radical (unpaired) electrons. The molecule has 1 aromatic carbocycles. The van der Waals surface area contributed by atoms with Crippen LogP contribution in [0.2, 0.25) is 0 Å². The lowest BCUT2D eigenvalue weighted by molar-refractivity contribution is -0.137. The van der Waals surface area contributed by atoms with Gasteiger partial charge < -0.3 is 10.2 Å². The second kappa shape index (κ2) is 7.48. The number of hydrogen-bond donors (Lipinski definition) is 1. The van der Waals surface area contributed by atoms with Crippen LogP contribution in [-0.2, 0) is 6.18 Å². The minimum Gasteiger partial charge on any atom is -0.365 e. The fraction of sp³-hybridized carbons (Fsp3) is 0.333. The Balaban J connectivity index is 1.27. The van der Waals surface area contributed by atoms with Crippen molar-refractivity contribution in [2.24, 2.45) is 17.8 Å². The highest BCUT2D eigenvalue weighted by molar-refractivity contribution is 6.00. The maximum absolute atomic E-state index is 14.2. The fourth-order valence-corrected chi connectivity index (χ4v) is 5.73. The standard InChI is InChI=1S/C24H19F4N5O/c25-13-3-4-14(22-29-6-1-7-30-22)16(8-13)23(34)33-11-17-15-9-18(21(33)20(15)17)32-19-5-2-12(10-31-19)24(26,27)28/h1-8,10,15,17-18,20-21H,9,11H2,(H,31,32). The molecule has 1 amide bonds. The second-order valence-corrected chi connectivity index (χ2v) is 9.03. The SMILES string of the molecule is O=C(c1cc(F)ccc1-c1ncccn1)N1CC2C3CC(Nc4ccc(C(F)(F)F)cn4)C1C32. The van der Waals surface area contributed by atoms with E-state index >= 15 is 0 Å². The number of rotatable bonds is 4.